The number of thiophene rings is 1. The zero-order valence-corrected chi connectivity index (χ0v) is 26.4. The predicted octanol–water partition coefficient (Wildman–Crippen LogP) is 4.60. The Morgan fingerprint density at radius 1 is 1.13 bits per heavy atom. The number of likely N-dealkylation sites (tertiary alicyclic amines) is 1. The molecule has 1 saturated carbocycles. The van der Waals surface area contributed by atoms with E-state index < -0.39 is 17.5 Å². The molecule has 3 aromatic heterocycles. The van der Waals surface area contributed by atoms with Gasteiger partial charge in [0.2, 0.25) is 0 Å². The molecule has 3 N–H and O–H groups in total. The Morgan fingerprint density at radius 2 is 1.94 bits per heavy atom. The summed E-state index contributed by atoms with van der Waals surface area (Å²) in [7, 11) is 0. The third-order valence-corrected chi connectivity index (χ3v) is 11.6. The Bertz CT molecular complexity index is 1960. The standard InChI is InChI=1S/C33H33F3N8O2S/c34-23-6-20(24-21(7-37)30(38)47-29(24)25(23)35)27-26(36)28-22(8-39-27)31(44-10-17-1-2-18(11-44)40-17)42-32(41-28)46-15-33(3-4-33)14-43-9-16-5-19(12-43)45-13-16/h6,8,16-19,40H,1-5,9-15,38H2. The number of nitrogens with zero attached hydrogens (tertiary/aromatic N) is 6. The smallest absolute Gasteiger partial charge is 0.319 e. The van der Waals surface area contributed by atoms with Gasteiger partial charge < -0.3 is 25.4 Å². The molecule has 0 amide bonds. The normalized spacial score (nSPS) is 26.3. The number of aromatic nitrogens is 3. The summed E-state index contributed by atoms with van der Waals surface area (Å²) in [5, 5.41) is 13.8. The van der Waals surface area contributed by atoms with Crippen molar-refractivity contribution in [3.63, 3.8) is 0 Å². The number of anilines is 2. The van der Waals surface area contributed by atoms with E-state index >= 15 is 4.39 Å². The topological polar surface area (TPSA) is 125 Å². The summed E-state index contributed by atoms with van der Waals surface area (Å²) in [6.45, 7) is 5.49. The van der Waals surface area contributed by atoms with Crippen LogP contribution in [0.2, 0.25) is 0 Å². The Labute approximate surface area is 272 Å². The summed E-state index contributed by atoms with van der Waals surface area (Å²) < 4.78 is 58.5. The molecule has 5 fully saturated rings. The number of fused-ring (bicyclic) bond motifs is 6. The van der Waals surface area contributed by atoms with Crippen LogP contribution in [0.15, 0.2) is 12.3 Å². The average molecular weight is 663 g/mol. The van der Waals surface area contributed by atoms with Crippen molar-refractivity contribution in [2.75, 3.05) is 56.6 Å². The van der Waals surface area contributed by atoms with E-state index in [2.05, 4.69) is 25.1 Å². The van der Waals surface area contributed by atoms with Crippen molar-refractivity contribution < 1.29 is 22.6 Å². The van der Waals surface area contributed by atoms with Crippen molar-refractivity contribution in [1.29, 1.82) is 5.26 Å². The van der Waals surface area contributed by atoms with Gasteiger partial charge in [0.15, 0.2) is 17.5 Å². The molecule has 9 rings (SSSR count). The Balaban J connectivity index is 1.11. The predicted molar refractivity (Wildman–Crippen MR) is 171 cm³/mol. The molecule has 4 unspecified atom stereocenters. The number of nitriles is 1. The van der Waals surface area contributed by atoms with E-state index in [-0.39, 0.29) is 48.9 Å². The highest BCUT2D eigenvalue weighted by molar-refractivity contribution is 7.23. The van der Waals surface area contributed by atoms with Crippen molar-refractivity contribution in [2.45, 2.75) is 50.3 Å². The van der Waals surface area contributed by atoms with Crippen LogP contribution in [0.4, 0.5) is 24.0 Å². The molecule has 4 atom stereocenters. The number of rotatable bonds is 7. The number of piperazine rings is 1. The third-order valence-electron chi connectivity index (χ3n) is 10.6. The van der Waals surface area contributed by atoms with E-state index in [1.54, 1.807) is 0 Å². The average Bonchev–Trinajstić information content (AvgIpc) is 3.44. The number of benzene rings is 1. The van der Waals surface area contributed by atoms with Crippen molar-refractivity contribution in [2.24, 2.45) is 11.3 Å². The minimum atomic E-state index is -1.19. The van der Waals surface area contributed by atoms with Crippen molar-refractivity contribution in [1.82, 2.24) is 25.2 Å². The maximum absolute atomic E-state index is 16.7. The summed E-state index contributed by atoms with van der Waals surface area (Å²) in [5.74, 6) is -2.05. The number of hydrogen-bond donors (Lipinski definition) is 2. The van der Waals surface area contributed by atoms with Gasteiger partial charge in [-0.15, -0.1) is 11.3 Å². The lowest BCUT2D eigenvalue weighted by Gasteiger charge is -2.34. The van der Waals surface area contributed by atoms with E-state index in [4.69, 9.17) is 20.2 Å². The van der Waals surface area contributed by atoms with E-state index in [9.17, 15) is 14.0 Å². The molecule has 0 spiro atoms. The molecule has 7 heterocycles. The van der Waals surface area contributed by atoms with Crippen LogP contribution in [0.1, 0.15) is 37.7 Å². The first-order chi connectivity index (χ1) is 22.8. The Morgan fingerprint density at radius 3 is 2.68 bits per heavy atom. The van der Waals surface area contributed by atoms with E-state index in [1.807, 2.05) is 6.07 Å². The van der Waals surface area contributed by atoms with Crippen molar-refractivity contribution in [3.8, 4) is 23.3 Å². The quantitative estimate of drug-likeness (QED) is 0.290. The van der Waals surface area contributed by atoms with Gasteiger partial charge in [0, 0.05) is 67.4 Å². The van der Waals surface area contributed by atoms with Crippen LogP contribution in [0.3, 0.4) is 0 Å². The maximum Gasteiger partial charge on any atom is 0.319 e. The number of nitrogens with one attached hydrogen (secondary N) is 1. The van der Waals surface area contributed by atoms with E-state index in [1.165, 1.54) is 6.20 Å². The molecule has 4 bridgehead atoms. The number of halogens is 3. The van der Waals surface area contributed by atoms with Gasteiger partial charge in [0.25, 0.3) is 0 Å². The zero-order chi connectivity index (χ0) is 32.0. The number of nitrogen functional groups attached to an aromatic ring is 1. The largest absolute Gasteiger partial charge is 0.463 e. The second-order valence-electron chi connectivity index (χ2n) is 14.0. The molecule has 10 nitrogen and oxygen atoms in total. The Kier molecular flexibility index (Phi) is 6.80. The zero-order valence-electron chi connectivity index (χ0n) is 25.6. The second-order valence-corrected chi connectivity index (χ2v) is 15.0. The highest BCUT2D eigenvalue weighted by Gasteiger charge is 2.47. The van der Waals surface area contributed by atoms with Gasteiger partial charge in [0.05, 0.1) is 35.0 Å². The van der Waals surface area contributed by atoms with Crippen LogP contribution < -0.4 is 20.7 Å². The maximum atomic E-state index is 16.7. The number of ether oxygens (including phenoxy) is 2. The van der Waals surface area contributed by atoms with E-state index in [0.717, 1.165) is 75.7 Å². The monoisotopic (exact) mass is 662 g/mol. The lowest BCUT2D eigenvalue weighted by molar-refractivity contribution is 0.0687. The highest BCUT2D eigenvalue weighted by Crippen LogP contribution is 2.48. The molecule has 244 valence electrons. The highest BCUT2D eigenvalue weighted by atomic mass is 32.1. The lowest BCUT2D eigenvalue weighted by atomic mass is 9.98. The van der Waals surface area contributed by atoms with Crippen LogP contribution in [0.25, 0.3) is 32.2 Å². The number of hydrogen-bond acceptors (Lipinski definition) is 11. The fraction of sp³-hybridized carbons (Fsp3) is 0.515. The summed E-state index contributed by atoms with van der Waals surface area (Å²) in [5.41, 5.74) is 5.57. The van der Waals surface area contributed by atoms with Crippen molar-refractivity contribution in [3.05, 3.63) is 35.3 Å². The molecule has 4 saturated heterocycles. The minimum absolute atomic E-state index is 0.0156. The molecular weight excluding hydrogens is 629 g/mol. The van der Waals surface area contributed by atoms with Crippen LogP contribution >= 0.6 is 11.3 Å². The summed E-state index contributed by atoms with van der Waals surface area (Å²) in [6, 6.07) is 3.48. The molecule has 4 aromatic rings. The fourth-order valence-corrected chi connectivity index (χ4v) is 9.09. The number of piperidine rings is 1. The number of pyridine rings is 1. The molecule has 1 aromatic carbocycles. The molecule has 47 heavy (non-hydrogen) atoms. The number of nitrogens with two attached hydrogens (primary N) is 1. The van der Waals surface area contributed by atoms with Gasteiger partial charge in [-0.1, -0.05) is 0 Å². The van der Waals surface area contributed by atoms with Gasteiger partial charge in [-0.25, -0.2) is 13.2 Å². The van der Waals surface area contributed by atoms with Gasteiger partial charge in [-0.2, -0.15) is 15.2 Å². The van der Waals surface area contributed by atoms with Gasteiger partial charge in [-0.05, 0) is 44.1 Å². The second kappa shape index (κ2) is 10.9. The molecule has 5 aliphatic rings. The Hall–Kier alpha value is -3.77. The van der Waals surface area contributed by atoms with Crippen LogP contribution in [0.5, 0.6) is 6.01 Å². The van der Waals surface area contributed by atoms with Crippen LogP contribution in [-0.4, -0.2) is 84.0 Å². The first-order valence-corrected chi connectivity index (χ1v) is 17.0. The molecule has 4 aliphatic heterocycles. The third kappa shape index (κ3) is 4.97. The van der Waals surface area contributed by atoms with Crippen LogP contribution in [-0.2, 0) is 4.74 Å². The first kappa shape index (κ1) is 29.4. The molecule has 0 radical (unpaired) electrons. The van der Waals surface area contributed by atoms with E-state index in [0.29, 0.717) is 55.0 Å². The summed E-state index contributed by atoms with van der Waals surface area (Å²) in [4.78, 5) is 18.4. The van der Waals surface area contributed by atoms with Gasteiger partial charge in [-0.3, -0.25) is 9.88 Å². The van der Waals surface area contributed by atoms with Gasteiger partial charge >= 0.3 is 6.01 Å². The summed E-state index contributed by atoms with van der Waals surface area (Å²) >= 11 is 0.744. The van der Waals surface area contributed by atoms with Crippen LogP contribution in [0, 0.1) is 40.1 Å². The SMILES string of the molecule is N#Cc1c(N)sc2c(F)c(F)cc(-c3ncc4c(N5CC6CCC(C5)N6)nc(OCC5(CN6CC7COC(C7)C6)CC5)nc4c3F)c12. The minimum Gasteiger partial charge on any atom is -0.463 e. The van der Waals surface area contributed by atoms with Gasteiger partial charge in [0.1, 0.15) is 28.1 Å². The molecule has 14 heteroatoms. The molecule has 1 aliphatic carbocycles. The summed E-state index contributed by atoms with van der Waals surface area (Å²) in [6.07, 6.45) is 7.07. The fourth-order valence-electron chi connectivity index (χ4n) is 8.12. The van der Waals surface area contributed by atoms with Crippen molar-refractivity contribution >= 4 is 43.1 Å². The lowest BCUT2D eigenvalue weighted by Crippen LogP contribution is -2.51. The first-order valence-electron chi connectivity index (χ1n) is 16.2. The molecular formula is C33H33F3N8O2S.